The van der Waals surface area contributed by atoms with Crippen molar-refractivity contribution < 1.29 is 4.79 Å². The lowest BCUT2D eigenvalue weighted by Crippen LogP contribution is -2.27. The highest BCUT2D eigenvalue weighted by Crippen LogP contribution is 2.23. The number of hydrogen-bond acceptors (Lipinski definition) is 4. The Bertz CT molecular complexity index is 743. The first-order valence-corrected chi connectivity index (χ1v) is 7.35. The molecule has 21 heavy (non-hydrogen) atoms. The number of hydrogen-bond donors (Lipinski definition) is 1. The highest BCUT2D eigenvalue weighted by molar-refractivity contribution is 7.13. The van der Waals surface area contributed by atoms with E-state index >= 15 is 0 Å². The van der Waals surface area contributed by atoms with E-state index in [0.29, 0.717) is 12.2 Å². The molecule has 1 N–H and O–H groups in total. The lowest BCUT2D eigenvalue weighted by atomic mass is 10.3. The molecule has 0 atom stereocenters. The maximum atomic E-state index is 12.4. The molecule has 3 heterocycles. The summed E-state index contributed by atoms with van der Waals surface area (Å²) in [6, 6.07) is 7.64. The minimum atomic E-state index is -0.116. The van der Waals surface area contributed by atoms with Gasteiger partial charge in [0.1, 0.15) is 0 Å². The summed E-state index contributed by atoms with van der Waals surface area (Å²) in [4.78, 5) is 15.1. The Hall–Kier alpha value is -2.41. The molecule has 0 radical (unpaired) electrons. The van der Waals surface area contributed by atoms with Crippen LogP contribution in [0.15, 0.2) is 35.8 Å². The number of carbonyl (C=O) groups excluding carboxylic acids is 1. The Labute approximate surface area is 126 Å². The summed E-state index contributed by atoms with van der Waals surface area (Å²) in [7, 11) is 3.62. The minimum absolute atomic E-state index is 0.116. The number of aryl methyl sites for hydroxylation is 1. The molecule has 0 fully saturated rings. The fourth-order valence-electron chi connectivity index (χ4n) is 2.06. The first-order chi connectivity index (χ1) is 10.1. The summed E-state index contributed by atoms with van der Waals surface area (Å²) in [5.74, 6) is -0.116. The Morgan fingerprint density at radius 3 is 3.00 bits per heavy atom. The molecule has 0 aliphatic heterocycles. The molecule has 3 aromatic rings. The van der Waals surface area contributed by atoms with E-state index in [1.165, 1.54) is 0 Å². The van der Waals surface area contributed by atoms with Crippen molar-refractivity contribution in [2.75, 3.05) is 7.05 Å². The van der Waals surface area contributed by atoms with Crippen LogP contribution in [0.5, 0.6) is 0 Å². The van der Waals surface area contributed by atoms with Gasteiger partial charge < -0.3 is 4.90 Å². The fraction of sp³-hybridized carbons (Fsp3) is 0.214. The van der Waals surface area contributed by atoms with Crippen LogP contribution in [-0.2, 0) is 13.6 Å². The predicted molar refractivity (Wildman–Crippen MR) is 80.9 cm³/mol. The van der Waals surface area contributed by atoms with Crippen LogP contribution in [-0.4, -0.2) is 37.8 Å². The number of aromatic nitrogens is 4. The van der Waals surface area contributed by atoms with Gasteiger partial charge in [-0.15, -0.1) is 11.3 Å². The van der Waals surface area contributed by atoms with E-state index in [1.54, 1.807) is 40.2 Å². The number of nitrogens with one attached hydrogen (secondary N) is 1. The number of aromatic amines is 1. The molecule has 0 spiro atoms. The van der Waals surface area contributed by atoms with Crippen LogP contribution in [0.1, 0.15) is 16.2 Å². The van der Waals surface area contributed by atoms with Crippen molar-refractivity contribution in [2.45, 2.75) is 6.54 Å². The van der Waals surface area contributed by atoms with Crippen molar-refractivity contribution in [3.63, 3.8) is 0 Å². The van der Waals surface area contributed by atoms with Gasteiger partial charge in [0.25, 0.3) is 5.91 Å². The SMILES string of the molecule is CN(Cc1ccnn1C)C(=O)c1cc(-c2cccs2)[nH]n1. The van der Waals surface area contributed by atoms with E-state index in [-0.39, 0.29) is 5.91 Å². The molecule has 0 bridgehead atoms. The Morgan fingerprint density at radius 1 is 1.48 bits per heavy atom. The third kappa shape index (κ3) is 2.73. The Morgan fingerprint density at radius 2 is 2.33 bits per heavy atom. The third-order valence-corrected chi connectivity index (χ3v) is 4.16. The maximum absolute atomic E-state index is 12.4. The zero-order valence-electron chi connectivity index (χ0n) is 11.8. The van der Waals surface area contributed by atoms with Gasteiger partial charge in [-0.25, -0.2) is 0 Å². The van der Waals surface area contributed by atoms with Crippen LogP contribution in [0.25, 0.3) is 10.6 Å². The molecular weight excluding hydrogens is 286 g/mol. The second-order valence-electron chi connectivity index (χ2n) is 4.75. The maximum Gasteiger partial charge on any atom is 0.274 e. The lowest BCUT2D eigenvalue weighted by Gasteiger charge is -2.15. The van der Waals surface area contributed by atoms with Crippen molar-refractivity contribution >= 4 is 17.2 Å². The van der Waals surface area contributed by atoms with Gasteiger partial charge in [0, 0.05) is 20.3 Å². The number of nitrogens with zero attached hydrogens (tertiary/aromatic N) is 4. The number of H-pyrrole nitrogens is 1. The van der Waals surface area contributed by atoms with Crippen LogP contribution < -0.4 is 0 Å². The predicted octanol–water partition coefficient (Wildman–Crippen LogP) is 2.14. The zero-order chi connectivity index (χ0) is 14.8. The van der Waals surface area contributed by atoms with E-state index < -0.39 is 0 Å². The van der Waals surface area contributed by atoms with Crippen LogP contribution in [0, 0.1) is 0 Å². The zero-order valence-corrected chi connectivity index (χ0v) is 12.6. The van der Waals surface area contributed by atoms with Crippen LogP contribution in [0.4, 0.5) is 0 Å². The highest BCUT2D eigenvalue weighted by Gasteiger charge is 2.17. The minimum Gasteiger partial charge on any atom is -0.334 e. The molecule has 0 aromatic carbocycles. The summed E-state index contributed by atoms with van der Waals surface area (Å²) < 4.78 is 1.76. The average molecular weight is 301 g/mol. The number of rotatable bonds is 4. The average Bonchev–Trinajstić information content (AvgIpc) is 3.18. The van der Waals surface area contributed by atoms with Gasteiger partial charge in [0.2, 0.25) is 0 Å². The molecule has 0 saturated carbocycles. The lowest BCUT2D eigenvalue weighted by molar-refractivity contribution is 0.0776. The normalized spacial score (nSPS) is 10.8. The van der Waals surface area contributed by atoms with Crippen LogP contribution in [0.2, 0.25) is 0 Å². The molecule has 0 unspecified atom stereocenters. The summed E-state index contributed by atoms with van der Waals surface area (Å²) in [6.45, 7) is 0.497. The van der Waals surface area contributed by atoms with Gasteiger partial charge in [0.05, 0.1) is 22.8 Å². The summed E-state index contributed by atoms with van der Waals surface area (Å²) in [6.07, 6.45) is 1.72. The van der Waals surface area contributed by atoms with Crippen molar-refractivity contribution in [1.82, 2.24) is 24.9 Å². The second-order valence-corrected chi connectivity index (χ2v) is 5.70. The Kier molecular flexibility index (Phi) is 3.57. The summed E-state index contributed by atoms with van der Waals surface area (Å²) in [5.41, 5.74) is 2.25. The standard InChI is InChI=1S/C14H15N5OS/c1-18(9-10-5-6-15-19(10)2)14(20)12-8-11(16-17-12)13-4-3-7-21-13/h3-8H,9H2,1-2H3,(H,16,17). The smallest absolute Gasteiger partial charge is 0.274 e. The fourth-order valence-corrected chi connectivity index (χ4v) is 2.75. The summed E-state index contributed by atoms with van der Waals surface area (Å²) >= 11 is 1.61. The van der Waals surface area contributed by atoms with E-state index in [2.05, 4.69) is 15.3 Å². The van der Waals surface area contributed by atoms with Gasteiger partial charge in [-0.2, -0.15) is 10.2 Å². The molecule has 3 rings (SSSR count). The van der Waals surface area contributed by atoms with E-state index in [4.69, 9.17) is 0 Å². The van der Waals surface area contributed by atoms with E-state index in [9.17, 15) is 4.79 Å². The number of amides is 1. The first kappa shape index (κ1) is 13.6. The Balaban J connectivity index is 1.74. The molecule has 0 saturated heterocycles. The molecular formula is C14H15N5OS. The van der Waals surface area contributed by atoms with E-state index in [1.807, 2.05) is 30.6 Å². The quantitative estimate of drug-likeness (QED) is 0.803. The van der Waals surface area contributed by atoms with Crippen LogP contribution >= 0.6 is 11.3 Å². The first-order valence-electron chi connectivity index (χ1n) is 6.47. The molecule has 0 aliphatic rings. The van der Waals surface area contributed by atoms with Crippen molar-refractivity contribution in [3.8, 4) is 10.6 Å². The molecule has 108 valence electrons. The van der Waals surface area contributed by atoms with E-state index in [0.717, 1.165) is 16.3 Å². The van der Waals surface area contributed by atoms with Gasteiger partial charge in [-0.1, -0.05) is 6.07 Å². The molecule has 1 amide bonds. The number of thiophene rings is 1. The largest absolute Gasteiger partial charge is 0.334 e. The van der Waals surface area contributed by atoms with Crippen molar-refractivity contribution in [3.05, 3.63) is 47.2 Å². The molecule has 7 heteroatoms. The van der Waals surface area contributed by atoms with Gasteiger partial charge in [-0.05, 0) is 23.6 Å². The molecule has 6 nitrogen and oxygen atoms in total. The highest BCUT2D eigenvalue weighted by atomic mass is 32.1. The van der Waals surface area contributed by atoms with Crippen molar-refractivity contribution in [1.29, 1.82) is 0 Å². The van der Waals surface area contributed by atoms with Crippen molar-refractivity contribution in [2.24, 2.45) is 7.05 Å². The van der Waals surface area contributed by atoms with Gasteiger partial charge >= 0.3 is 0 Å². The molecule has 3 aromatic heterocycles. The van der Waals surface area contributed by atoms with Gasteiger partial charge in [0.15, 0.2) is 5.69 Å². The summed E-state index contributed by atoms with van der Waals surface area (Å²) in [5, 5.41) is 13.1. The van der Waals surface area contributed by atoms with Crippen LogP contribution in [0.3, 0.4) is 0 Å². The van der Waals surface area contributed by atoms with Gasteiger partial charge in [-0.3, -0.25) is 14.6 Å². The topological polar surface area (TPSA) is 66.8 Å². The third-order valence-electron chi connectivity index (χ3n) is 3.25. The second kappa shape index (κ2) is 5.53. The molecule has 0 aliphatic carbocycles. The number of carbonyl (C=O) groups is 1. The monoisotopic (exact) mass is 301 g/mol.